The van der Waals surface area contributed by atoms with Crippen molar-refractivity contribution >= 4 is 5.91 Å². The maximum Gasteiger partial charge on any atom is 0.229 e. The van der Waals surface area contributed by atoms with E-state index in [2.05, 4.69) is 15.5 Å². The molecule has 0 aliphatic heterocycles. The minimum Gasteiger partial charge on any atom is -0.348 e. The molecular weight excluding hydrogens is 266 g/mol. The summed E-state index contributed by atoms with van der Waals surface area (Å²) in [7, 11) is 0. The van der Waals surface area contributed by atoms with Gasteiger partial charge in [0, 0.05) is 5.92 Å². The highest BCUT2D eigenvalue weighted by molar-refractivity contribution is 5.78. The van der Waals surface area contributed by atoms with Crippen molar-refractivity contribution in [3.63, 3.8) is 0 Å². The first kappa shape index (κ1) is 13.8. The first-order valence-corrected chi connectivity index (χ1v) is 7.44. The second-order valence-electron chi connectivity index (χ2n) is 5.47. The van der Waals surface area contributed by atoms with Crippen molar-refractivity contribution < 1.29 is 9.32 Å². The van der Waals surface area contributed by atoms with Gasteiger partial charge in [0.25, 0.3) is 0 Å². The Morgan fingerprint density at radius 1 is 1.24 bits per heavy atom. The summed E-state index contributed by atoms with van der Waals surface area (Å²) < 4.78 is 5.29. The molecule has 1 saturated carbocycles. The van der Waals surface area contributed by atoms with Crippen LogP contribution >= 0.6 is 0 Å². The Morgan fingerprint density at radius 2 is 2.00 bits per heavy atom. The molecule has 1 aliphatic carbocycles. The molecule has 0 radical (unpaired) electrons. The summed E-state index contributed by atoms with van der Waals surface area (Å²) in [6.07, 6.45) is 5.09. The van der Waals surface area contributed by atoms with Gasteiger partial charge in [0.15, 0.2) is 5.82 Å². The third kappa shape index (κ3) is 3.68. The fraction of sp³-hybridized carbons (Fsp3) is 0.438. The molecule has 3 rings (SSSR count). The summed E-state index contributed by atoms with van der Waals surface area (Å²) in [5.74, 6) is 1.65. The Balaban J connectivity index is 1.49. The highest BCUT2D eigenvalue weighted by atomic mass is 16.5. The fourth-order valence-corrected chi connectivity index (χ4v) is 2.70. The van der Waals surface area contributed by atoms with Gasteiger partial charge in [0.2, 0.25) is 11.8 Å². The van der Waals surface area contributed by atoms with Crippen LogP contribution in [0.1, 0.15) is 48.9 Å². The number of hydrogen-bond donors (Lipinski definition) is 1. The molecule has 0 saturated heterocycles. The van der Waals surface area contributed by atoms with Crippen molar-refractivity contribution in [3.8, 4) is 0 Å². The normalized spacial score (nSPS) is 15.2. The zero-order valence-electron chi connectivity index (χ0n) is 11.9. The Kier molecular flexibility index (Phi) is 4.28. The first-order chi connectivity index (χ1) is 10.3. The van der Waals surface area contributed by atoms with E-state index in [1.54, 1.807) is 0 Å². The highest BCUT2D eigenvalue weighted by Gasteiger charge is 2.22. The van der Waals surface area contributed by atoms with E-state index in [4.69, 9.17) is 4.52 Å². The number of aromatic nitrogens is 2. The molecule has 1 fully saturated rings. The van der Waals surface area contributed by atoms with Gasteiger partial charge in [-0.1, -0.05) is 48.3 Å². The van der Waals surface area contributed by atoms with Gasteiger partial charge in [-0.05, 0) is 18.4 Å². The van der Waals surface area contributed by atoms with E-state index in [0.29, 0.717) is 24.7 Å². The van der Waals surface area contributed by atoms with Crippen LogP contribution in [0.2, 0.25) is 0 Å². The number of hydrogen-bond acceptors (Lipinski definition) is 4. The van der Waals surface area contributed by atoms with E-state index in [-0.39, 0.29) is 5.91 Å². The monoisotopic (exact) mass is 285 g/mol. The first-order valence-electron chi connectivity index (χ1n) is 7.44. The molecule has 0 spiro atoms. The van der Waals surface area contributed by atoms with Gasteiger partial charge in [-0.2, -0.15) is 4.98 Å². The average Bonchev–Trinajstić information content (AvgIpc) is 3.17. The maximum absolute atomic E-state index is 11.9. The fourth-order valence-electron chi connectivity index (χ4n) is 2.70. The topological polar surface area (TPSA) is 68.0 Å². The summed E-state index contributed by atoms with van der Waals surface area (Å²) in [6.45, 7) is 0.321. The lowest BCUT2D eigenvalue weighted by atomic mass is 10.1. The Hall–Kier alpha value is -2.17. The number of benzene rings is 1. The third-order valence-electron chi connectivity index (χ3n) is 3.84. The average molecular weight is 285 g/mol. The molecule has 5 heteroatoms. The molecule has 1 aromatic carbocycles. The number of nitrogens with zero attached hydrogens (tertiary/aromatic N) is 2. The highest BCUT2D eigenvalue weighted by Crippen LogP contribution is 2.32. The summed E-state index contributed by atoms with van der Waals surface area (Å²) in [6, 6.07) is 9.66. The Morgan fingerprint density at radius 3 is 2.76 bits per heavy atom. The molecule has 1 heterocycles. The number of carbonyl (C=O) groups is 1. The van der Waals surface area contributed by atoms with Crippen molar-refractivity contribution in [1.29, 1.82) is 0 Å². The van der Waals surface area contributed by atoms with E-state index in [9.17, 15) is 4.79 Å². The molecule has 1 aromatic heterocycles. The van der Waals surface area contributed by atoms with Crippen LogP contribution in [0.5, 0.6) is 0 Å². The zero-order chi connectivity index (χ0) is 14.5. The third-order valence-corrected chi connectivity index (χ3v) is 3.84. The van der Waals surface area contributed by atoms with Crippen LogP contribution in [0.4, 0.5) is 0 Å². The zero-order valence-corrected chi connectivity index (χ0v) is 11.9. The van der Waals surface area contributed by atoms with Gasteiger partial charge in [0.1, 0.15) is 0 Å². The SMILES string of the molecule is O=C(Cc1ccccc1)NCc1noc(C2CCCC2)n1. The number of carbonyl (C=O) groups excluding carboxylic acids is 1. The van der Waals surface area contributed by atoms with Crippen molar-refractivity contribution in [3.05, 3.63) is 47.6 Å². The van der Waals surface area contributed by atoms with E-state index in [0.717, 1.165) is 24.3 Å². The standard InChI is InChI=1S/C16H19N3O2/c20-15(10-12-6-2-1-3-7-12)17-11-14-18-16(21-19-14)13-8-4-5-9-13/h1-3,6-7,13H,4-5,8-11H2,(H,17,20). The molecule has 0 unspecified atom stereocenters. The molecule has 1 aliphatic rings. The number of amides is 1. The van der Waals surface area contributed by atoms with Gasteiger partial charge in [-0.25, -0.2) is 0 Å². The van der Waals surface area contributed by atoms with Crippen LogP contribution in [-0.4, -0.2) is 16.0 Å². The lowest BCUT2D eigenvalue weighted by Gasteiger charge is -2.02. The van der Waals surface area contributed by atoms with Crippen LogP contribution in [0, 0.1) is 0 Å². The lowest BCUT2D eigenvalue weighted by molar-refractivity contribution is -0.120. The molecule has 21 heavy (non-hydrogen) atoms. The van der Waals surface area contributed by atoms with Crippen LogP contribution in [0.25, 0.3) is 0 Å². The summed E-state index contributed by atoms with van der Waals surface area (Å²) in [5, 5.41) is 6.77. The quantitative estimate of drug-likeness (QED) is 0.916. The lowest BCUT2D eigenvalue weighted by Crippen LogP contribution is -2.25. The smallest absolute Gasteiger partial charge is 0.229 e. The van der Waals surface area contributed by atoms with Gasteiger partial charge in [-0.3, -0.25) is 4.79 Å². The summed E-state index contributed by atoms with van der Waals surface area (Å²) >= 11 is 0. The van der Waals surface area contributed by atoms with Crippen molar-refractivity contribution in [2.75, 3.05) is 0 Å². The van der Waals surface area contributed by atoms with E-state index < -0.39 is 0 Å². The molecule has 0 bridgehead atoms. The Labute approximate surface area is 123 Å². The van der Waals surface area contributed by atoms with Crippen molar-refractivity contribution in [2.24, 2.45) is 0 Å². The summed E-state index contributed by atoms with van der Waals surface area (Å²) in [5.41, 5.74) is 0.995. The van der Waals surface area contributed by atoms with Crippen LogP contribution in [0.3, 0.4) is 0 Å². The van der Waals surface area contributed by atoms with E-state index in [1.165, 1.54) is 12.8 Å². The van der Waals surface area contributed by atoms with Crippen LogP contribution in [0.15, 0.2) is 34.9 Å². The molecule has 1 N–H and O–H groups in total. The molecule has 1 amide bonds. The second kappa shape index (κ2) is 6.52. The largest absolute Gasteiger partial charge is 0.348 e. The number of rotatable bonds is 5. The molecular formula is C16H19N3O2. The maximum atomic E-state index is 11.9. The second-order valence-corrected chi connectivity index (χ2v) is 5.47. The molecule has 110 valence electrons. The van der Waals surface area contributed by atoms with Crippen molar-refractivity contribution in [1.82, 2.24) is 15.5 Å². The van der Waals surface area contributed by atoms with Gasteiger partial charge in [0.05, 0.1) is 13.0 Å². The van der Waals surface area contributed by atoms with E-state index >= 15 is 0 Å². The minimum atomic E-state index is -0.0339. The van der Waals surface area contributed by atoms with Crippen molar-refractivity contribution in [2.45, 2.75) is 44.6 Å². The van der Waals surface area contributed by atoms with Gasteiger partial charge in [-0.15, -0.1) is 0 Å². The van der Waals surface area contributed by atoms with Crippen LogP contribution in [-0.2, 0) is 17.8 Å². The minimum absolute atomic E-state index is 0.0339. The molecule has 0 atom stereocenters. The summed E-state index contributed by atoms with van der Waals surface area (Å²) in [4.78, 5) is 16.2. The van der Waals surface area contributed by atoms with Gasteiger partial charge < -0.3 is 9.84 Å². The Bertz CT molecular complexity index is 589. The predicted octanol–water partition coefficient (Wildman–Crippen LogP) is 2.59. The van der Waals surface area contributed by atoms with Crippen LogP contribution < -0.4 is 5.32 Å². The number of nitrogens with one attached hydrogen (secondary N) is 1. The predicted molar refractivity (Wildman–Crippen MR) is 77.5 cm³/mol. The molecule has 5 nitrogen and oxygen atoms in total. The van der Waals surface area contributed by atoms with Gasteiger partial charge >= 0.3 is 0 Å². The van der Waals surface area contributed by atoms with E-state index in [1.807, 2.05) is 30.3 Å². The molecule has 2 aromatic rings.